The van der Waals surface area contributed by atoms with Crippen LogP contribution in [-0.4, -0.2) is 25.4 Å². The van der Waals surface area contributed by atoms with Crippen LogP contribution in [0.25, 0.3) is 6.08 Å². The van der Waals surface area contributed by atoms with Gasteiger partial charge >= 0.3 is 5.97 Å². The zero-order valence-electron chi connectivity index (χ0n) is 15.9. The zero-order valence-corrected chi connectivity index (χ0v) is 17.5. The van der Waals surface area contributed by atoms with Gasteiger partial charge < -0.3 is 10.4 Å². The highest BCUT2D eigenvalue weighted by Crippen LogP contribution is 2.22. The van der Waals surface area contributed by atoms with Crippen LogP contribution in [0.5, 0.6) is 0 Å². The van der Waals surface area contributed by atoms with Crippen molar-refractivity contribution in [2.24, 2.45) is 0 Å². The number of sulfonamides is 1. The monoisotopic (exact) mass is 456 g/mol. The highest BCUT2D eigenvalue weighted by atomic mass is 35.5. The second-order valence-corrected chi connectivity index (χ2v) is 8.47. The van der Waals surface area contributed by atoms with E-state index in [2.05, 4.69) is 10.0 Å². The number of amides is 1. The van der Waals surface area contributed by atoms with Crippen LogP contribution in [0.1, 0.15) is 15.9 Å². The van der Waals surface area contributed by atoms with Crippen LogP contribution in [0.3, 0.4) is 0 Å². The largest absolute Gasteiger partial charge is 0.478 e. The minimum atomic E-state index is -3.98. The Morgan fingerprint density at radius 1 is 0.903 bits per heavy atom. The first-order valence-corrected chi connectivity index (χ1v) is 10.8. The van der Waals surface area contributed by atoms with Gasteiger partial charge in [-0.15, -0.1) is 0 Å². The van der Waals surface area contributed by atoms with E-state index in [0.29, 0.717) is 16.3 Å². The molecule has 0 aliphatic carbocycles. The number of carbonyl (C=O) groups is 2. The third kappa shape index (κ3) is 5.94. The van der Waals surface area contributed by atoms with Crippen LogP contribution < -0.4 is 10.0 Å². The Balaban J connectivity index is 1.81. The lowest BCUT2D eigenvalue weighted by Crippen LogP contribution is -2.18. The van der Waals surface area contributed by atoms with Crippen molar-refractivity contribution in [1.82, 2.24) is 0 Å². The molecule has 0 saturated heterocycles. The number of carboxylic acid groups (broad SMARTS) is 1. The second-order valence-electron chi connectivity index (χ2n) is 6.35. The van der Waals surface area contributed by atoms with Crippen LogP contribution in [-0.2, 0) is 14.8 Å². The lowest BCUT2D eigenvalue weighted by molar-refractivity contribution is -0.131. The molecule has 158 valence electrons. The van der Waals surface area contributed by atoms with E-state index in [1.807, 2.05) is 0 Å². The number of hydrogen-bond acceptors (Lipinski definition) is 4. The summed E-state index contributed by atoms with van der Waals surface area (Å²) in [6, 6.07) is 18.4. The highest BCUT2D eigenvalue weighted by molar-refractivity contribution is 7.92. The highest BCUT2D eigenvalue weighted by Gasteiger charge is 2.18. The predicted octanol–water partition coefficient (Wildman–Crippen LogP) is 4.49. The van der Waals surface area contributed by atoms with Crippen molar-refractivity contribution in [1.29, 1.82) is 0 Å². The van der Waals surface area contributed by atoms with E-state index in [1.165, 1.54) is 42.5 Å². The van der Waals surface area contributed by atoms with Gasteiger partial charge in [0.1, 0.15) is 0 Å². The van der Waals surface area contributed by atoms with Crippen LogP contribution in [0.4, 0.5) is 11.4 Å². The molecule has 0 atom stereocenters. The molecule has 0 heterocycles. The Morgan fingerprint density at radius 3 is 2.19 bits per heavy atom. The molecule has 9 heteroatoms. The summed E-state index contributed by atoms with van der Waals surface area (Å²) >= 11 is 5.84. The third-order valence-electron chi connectivity index (χ3n) is 4.13. The van der Waals surface area contributed by atoms with Gasteiger partial charge in [0.2, 0.25) is 0 Å². The van der Waals surface area contributed by atoms with Gasteiger partial charge in [-0.2, -0.15) is 0 Å². The third-order valence-corrected chi connectivity index (χ3v) is 5.76. The standard InChI is InChI=1S/C22H17ClN2O5S/c23-16-8-10-17(11-9-16)24-22(28)19-3-1-2-4-20(19)25-31(29,30)18-12-5-15(6-13-18)7-14-21(26)27/h1-14,25H,(H,24,28)(H,26,27)/b14-7+. The van der Waals surface area contributed by atoms with Gasteiger partial charge in [-0.25, -0.2) is 13.2 Å². The number of carboxylic acids is 1. The molecule has 0 aromatic heterocycles. The molecule has 0 bridgehead atoms. The number of carbonyl (C=O) groups excluding carboxylic acids is 1. The summed E-state index contributed by atoms with van der Waals surface area (Å²) in [6.07, 6.45) is 2.31. The van der Waals surface area contributed by atoms with Crippen molar-refractivity contribution in [2.45, 2.75) is 4.90 Å². The van der Waals surface area contributed by atoms with E-state index < -0.39 is 21.9 Å². The lowest BCUT2D eigenvalue weighted by atomic mass is 10.1. The van der Waals surface area contributed by atoms with E-state index in [0.717, 1.165) is 6.08 Å². The van der Waals surface area contributed by atoms with Gasteiger partial charge in [-0.3, -0.25) is 9.52 Å². The molecule has 0 aliphatic heterocycles. The fourth-order valence-corrected chi connectivity index (χ4v) is 3.84. The number of benzene rings is 3. The smallest absolute Gasteiger partial charge is 0.328 e. The number of rotatable bonds is 7. The lowest BCUT2D eigenvalue weighted by Gasteiger charge is -2.13. The fraction of sp³-hybridized carbons (Fsp3) is 0. The van der Waals surface area contributed by atoms with Crippen molar-refractivity contribution >= 4 is 51.0 Å². The van der Waals surface area contributed by atoms with Crippen LogP contribution in [0.2, 0.25) is 5.02 Å². The molecule has 3 N–H and O–H groups in total. The van der Waals surface area contributed by atoms with E-state index in [-0.39, 0.29) is 16.1 Å². The average Bonchev–Trinajstić information content (AvgIpc) is 2.74. The maximum absolute atomic E-state index is 12.8. The van der Waals surface area contributed by atoms with E-state index in [9.17, 15) is 18.0 Å². The molecule has 0 radical (unpaired) electrons. The van der Waals surface area contributed by atoms with Crippen LogP contribution >= 0.6 is 11.6 Å². The number of anilines is 2. The summed E-state index contributed by atoms with van der Waals surface area (Å²) in [5.41, 5.74) is 1.30. The minimum Gasteiger partial charge on any atom is -0.478 e. The summed E-state index contributed by atoms with van der Waals surface area (Å²) in [6.45, 7) is 0. The Hall–Kier alpha value is -3.62. The van der Waals surface area contributed by atoms with Gasteiger partial charge in [0.25, 0.3) is 15.9 Å². The Morgan fingerprint density at radius 2 is 1.55 bits per heavy atom. The Bertz CT molecular complexity index is 1240. The number of hydrogen-bond donors (Lipinski definition) is 3. The molecule has 0 spiro atoms. The molecular formula is C22H17ClN2O5S. The molecule has 1 amide bonds. The van der Waals surface area contributed by atoms with Gasteiger partial charge in [0.05, 0.1) is 16.1 Å². The summed E-state index contributed by atoms with van der Waals surface area (Å²) in [5, 5.41) is 11.9. The number of para-hydroxylation sites is 1. The van der Waals surface area contributed by atoms with Crippen LogP contribution in [0, 0.1) is 0 Å². The first-order chi connectivity index (χ1) is 14.7. The van der Waals surface area contributed by atoms with Crippen molar-refractivity contribution in [3.05, 3.63) is 95.0 Å². The van der Waals surface area contributed by atoms with Gasteiger partial charge in [-0.05, 0) is 60.2 Å². The van der Waals surface area contributed by atoms with E-state index >= 15 is 0 Å². The normalized spacial score (nSPS) is 11.3. The second kappa shape index (κ2) is 9.46. The van der Waals surface area contributed by atoms with Crippen molar-refractivity contribution in [3.63, 3.8) is 0 Å². The number of halogens is 1. The first kappa shape index (κ1) is 22.1. The minimum absolute atomic E-state index is 0.0344. The SMILES string of the molecule is O=C(O)/C=C/c1ccc(S(=O)(=O)Nc2ccccc2C(=O)Nc2ccc(Cl)cc2)cc1. The summed E-state index contributed by atoms with van der Waals surface area (Å²) in [7, 11) is -3.98. The van der Waals surface area contributed by atoms with Gasteiger partial charge in [0, 0.05) is 16.8 Å². The maximum Gasteiger partial charge on any atom is 0.328 e. The number of aliphatic carboxylic acids is 1. The maximum atomic E-state index is 12.8. The molecule has 7 nitrogen and oxygen atoms in total. The summed E-state index contributed by atoms with van der Waals surface area (Å²) in [5.74, 6) is -1.60. The first-order valence-electron chi connectivity index (χ1n) is 8.94. The summed E-state index contributed by atoms with van der Waals surface area (Å²) < 4.78 is 28.0. The Labute approximate surface area is 184 Å². The molecule has 0 saturated carbocycles. The Kier molecular flexibility index (Phi) is 6.74. The molecule has 0 fully saturated rings. The van der Waals surface area contributed by atoms with E-state index in [1.54, 1.807) is 36.4 Å². The molecule has 0 aliphatic rings. The quantitative estimate of drug-likeness (QED) is 0.453. The molecular weight excluding hydrogens is 440 g/mol. The van der Waals surface area contributed by atoms with Gasteiger partial charge in [-0.1, -0.05) is 35.9 Å². The predicted molar refractivity (Wildman–Crippen MR) is 120 cm³/mol. The topological polar surface area (TPSA) is 113 Å². The van der Waals surface area contributed by atoms with Crippen molar-refractivity contribution in [3.8, 4) is 0 Å². The number of nitrogens with one attached hydrogen (secondary N) is 2. The van der Waals surface area contributed by atoms with Crippen molar-refractivity contribution < 1.29 is 23.1 Å². The van der Waals surface area contributed by atoms with E-state index in [4.69, 9.17) is 16.7 Å². The van der Waals surface area contributed by atoms with Crippen molar-refractivity contribution in [2.75, 3.05) is 10.0 Å². The molecule has 31 heavy (non-hydrogen) atoms. The fourth-order valence-electron chi connectivity index (χ4n) is 2.63. The molecule has 3 rings (SSSR count). The van der Waals surface area contributed by atoms with Crippen LogP contribution in [0.15, 0.2) is 83.8 Å². The van der Waals surface area contributed by atoms with Gasteiger partial charge in [0.15, 0.2) is 0 Å². The molecule has 3 aromatic carbocycles. The zero-order chi connectivity index (χ0) is 22.4. The average molecular weight is 457 g/mol. The molecule has 3 aromatic rings. The molecule has 0 unspecified atom stereocenters. The summed E-state index contributed by atoms with van der Waals surface area (Å²) in [4.78, 5) is 23.2.